The van der Waals surface area contributed by atoms with Crippen LogP contribution in [-0.4, -0.2) is 22.8 Å². The third kappa shape index (κ3) is 4.54. The number of halogens is 1. The molecule has 4 aromatic carbocycles. The Bertz CT molecular complexity index is 1620. The number of aromatic nitrogens is 2. The molecule has 0 saturated heterocycles. The second-order valence-electron chi connectivity index (χ2n) is 9.15. The van der Waals surface area contributed by atoms with Crippen molar-refractivity contribution >= 4 is 34.2 Å². The molecule has 37 heavy (non-hydrogen) atoms. The van der Waals surface area contributed by atoms with Gasteiger partial charge in [0.1, 0.15) is 5.75 Å². The highest BCUT2D eigenvalue weighted by Crippen LogP contribution is 2.38. The summed E-state index contributed by atoms with van der Waals surface area (Å²) in [6.45, 7) is 2.10. The first kappa shape index (κ1) is 23.2. The Labute approximate surface area is 221 Å². The van der Waals surface area contributed by atoms with Crippen LogP contribution in [0.5, 0.6) is 5.75 Å². The van der Waals surface area contributed by atoms with Crippen molar-refractivity contribution in [1.29, 1.82) is 0 Å². The molecule has 5 nitrogen and oxygen atoms in total. The summed E-state index contributed by atoms with van der Waals surface area (Å²) >= 11 is 6.37. The van der Waals surface area contributed by atoms with E-state index in [0.717, 1.165) is 51.2 Å². The van der Waals surface area contributed by atoms with Gasteiger partial charge in [0, 0.05) is 22.4 Å². The third-order valence-electron chi connectivity index (χ3n) is 6.66. The molecule has 1 aromatic heterocycles. The Hall–Kier alpha value is -4.22. The lowest BCUT2D eigenvalue weighted by Gasteiger charge is -2.23. The molecule has 0 radical (unpaired) electrons. The van der Waals surface area contributed by atoms with Crippen molar-refractivity contribution in [3.05, 3.63) is 119 Å². The number of rotatable bonds is 5. The third-order valence-corrected chi connectivity index (χ3v) is 6.90. The number of nitrogens with zero attached hydrogens (tertiary/aromatic N) is 4. The fraction of sp³-hybridized carbons (Fsp3) is 0.129. The second-order valence-corrected chi connectivity index (χ2v) is 9.59. The monoisotopic (exact) mass is 504 g/mol. The Morgan fingerprint density at radius 1 is 0.838 bits per heavy atom. The van der Waals surface area contributed by atoms with E-state index < -0.39 is 0 Å². The fourth-order valence-corrected chi connectivity index (χ4v) is 4.96. The zero-order valence-corrected chi connectivity index (χ0v) is 21.4. The number of fused-ring (bicyclic) bond motifs is 1. The number of methoxy groups -OCH3 is 1. The van der Waals surface area contributed by atoms with Crippen LogP contribution in [0.3, 0.4) is 0 Å². The largest absolute Gasteiger partial charge is 0.497 e. The van der Waals surface area contributed by atoms with E-state index >= 15 is 0 Å². The smallest absolute Gasteiger partial charge is 0.247 e. The van der Waals surface area contributed by atoms with Crippen LogP contribution in [-0.2, 0) is 0 Å². The van der Waals surface area contributed by atoms with Crippen molar-refractivity contribution in [3.8, 4) is 17.0 Å². The molecule has 6 rings (SSSR count). The number of ether oxygens (including phenoxy) is 1. The summed E-state index contributed by atoms with van der Waals surface area (Å²) in [5.41, 5.74) is 7.08. The van der Waals surface area contributed by atoms with Crippen LogP contribution in [0.2, 0.25) is 5.02 Å². The number of aryl methyl sites for hydroxylation is 1. The van der Waals surface area contributed by atoms with Crippen LogP contribution in [0, 0.1) is 6.92 Å². The quantitative estimate of drug-likeness (QED) is 0.247. The zero-order valence-electron chi connectivity index (χ0n) is 20.6. The molecule has 6 heteroatoms. The molecular weight excluding hydrogens is 480 g/mol. The van der Waals surface area contributed by atoms with Crippen LogP contribution in [0.4, 0.5) is 5.95 Å². The average Bonchev–Trinajstić information content (AvgIpc) is 3.39. The summed E-state index contributed by atoms with van der Waals surface area (Å²) in [5, 5.41) is 8.61. The Morgan fingerprint density at radius 3 is 2.38 bits per heavy atom. The molecule has 1 atom stereocenters. The molecule has 0 fully saturated rings. The van der Waals surface area contributed by atoms with Gasteiger partial charge in [0.2, 0.25) is 5.95 Å². The van der Waals surface area contributed by atoms with Gasteiger partial charge in [0.15, 0.2) is 0 Å². The van der Waals surface area contributed by atoms with E-state index in [-0.39, 0.29) is 6.04 Å². The minimum atomic E-state index is -0.0604. The highest BCUT2D eigenvalue weighted by Gasteiger charge is 2.32. The predicted molar refractivity (Wildman–Crippen MR) is 151 cm³/mol. The van der Waals surface area contributed by atoms with Crippen molar-refractivity contribution in [3.63, 3.8) is 0 Å². The van der Waals surface area contributed by atoms with Gasteiger partial charge in [-0.3, -0.25) is 0 Å². The standard InChI is InChI=1S/C31H25ClN4O/c1-20-7-6-10-23(17-20)28-19-29(21-11-14-25(37-2)15-12-21)36(35-28)31-33-27-16-13-24(32)18-26(27)30(34-31)22-8-4-3-5-9-22/h3-18,29H,19H2,1-2H3/t29-/m0/s1. The molecule has 0 aliphatic carbocycles. The summed E-state index contributed by atoms with van der Waals surface area (Å²) in [4.78, 5) is 10.0. The Balaban J connectivity index is 1.53. The van der Waals surface area contributed by atoms with Gasteiger partial charge < -0.3 is 4.74 Å². The second kappa shape index (κ2) is 9.68. The van der Waals surface area contributed by atoms with E-state index in [1.165, 1.54) is 5.56 Å². The predicted octanol–water partition coefficient (Wildman–Crippen LogP) is 7.62. The lowest BCUT2D eigenvalue weighted by atomic mass is 9.97. The number of hydrazone groups is 1. The van der Waals surface area contributed by atoms with Gasteiger partial charge in [0.05, 0.1) is 30.1 Å². The molecule has 0 unspecified atom stereocenters. The number of hydrogen-bond donors (Lipinski definition) is 0. The average molecular weight is 505 g/mol. The van der Waals surface area contributed by atoms with Crippen molar-refractivity contribution in [2.75, 3.05) is 12.1 Å². The first-order valence-electron chi connectivity index (χ1n) is 12.2. The molecule has 0 spiro atoms. The minimum Gasteiger partial charge on any atom is -0.497 e. The van der Waals surface area contributed by atoms with E-state index in [2.05, 4.69) is 55.5 Å². The first-order valence-corrected chi connectivity index (χ1v) is 12.6. The summed E-state index contributed by atoms with van der Waals surface area (Å²) in [6, 6.07) is 32.4. The van der Waals surface area contributed by atoms with Crippen LogP contribution in [0.1, 0.15) is 29.2 Å². The van der Waals surface area contributed by atoms with Gasteiger partial charge >= 0.3 is 0 Å². The van der Waals surface area contributed by atoms with Crippen LogP contribution in [0.15, 0.2) is 102 Å². The molecule has 2 heterocycles. The van der Waals surface area contributed by atoms with Crippen LogP contribution in [0.25, 0.3) is 22.2 Å². The van der Waals surface area contributed by atoms with Crippen molar-refractivity contribution in [1.82, 2.24) is 9.97 Å². The van der Waals surface area contributed by atoms with Crippen LogP contribution >= 0.6 is 11.6 Å². The number of anilines is 1. The van der Waals surface area contributed by atoms with E-state index in [4.69, 9.17) is 31.4 Å². The van der Waals surface area contributed by atoms with E-state index in [1.807, 2.05) is 53.5 Å². The summed E-state index contributed by atoms with van der Waals surface area (Å²) in [7, 11) is 1.68. The zero-order chi connectivity index (χ0) is 25.4. The van der Waals surface area contributed by atoms with E-state index in [0.29, 0.717) is 11.0 Å². The van der Waals surface area contributed by atoms with Crippen molar-refractivity contribution in [2.45, 2.75) is 19.4 Å². The Kier molecular flexibility index (Phi) is 6.07. The molecule has 0 amide bonds. The summed E-state index contributed by atoms with van der Waals surface area (Å²) in [6.07, 6.45) is 0.735. The number of hydrogen-bond acceptors (Lipinski definition) is 5. The maximum Gasteiger partial charge on any atom is 0.247 e. The molecule has 0 N–H and O–H groups in total. The van der Waals surface area contributed by atoms with E-state index in [1.54, 1.807) is 7.11 Å². The minimum absolute atomic E-state index is 0.0604. The van der Waals surface area contributed by atoms with Gasteiger partial charge in [-0.2, -0.15) is 5.10 Å². The topological polar surface area (TPSA) is 50.6 Å². The van der Waals surface area contributed by atoms with Crippen LogP contribution < -0.4 is 9.75 Å². The molecule has 1 aliphatic heterocycles. The highest BCUT2D eigenvalue weighted by atomic mass is 35.5. The highest BCUT2D eigenvalue weighted by molar-refractivity contribution is 6.31. The first-order chi connectivity index (χ1) is 18.1. The molecule has 0 saturated carbocycles. The van der Waals surface area contributed by atoms with Gasteiger partial charge in [-0.25, -0.2) is 15.0 Å². The van der Waals surface area contributed by atoms with Crippen molar-refractivity contribution in [2.24, 2.45) is 5.10 Å². The molecule has 0 bridgehead atoms. The maximum atomic E-state index is 6.37. The van der Waals surface area contributed by atoms with Crippen molar-refractivity contribution < 1.29 is 4.74 Å². The normalized spacial score (nSPS) is 15.2. The molecule has 1 aliphatic rings. The lowest BCUT2D eigenvalue weighted by molar-refractivity contribution is 0.414. The SMILES string of the molecule is COc1ccc([C@@H]2CC(c3cccc(C)c3)=NN2c2nc(-c3ccccc3)c3cc(Cl)ccc3n2)cc1. The molecule has 5 aromatic rings. The number of benzene rings is 4. The van der Waals surface area contributed by atoms with Gasteiger partial charge in [-0.05, 0) is 48.4 Å². The van der Waals surface area contributed by atoms with E-state index in [9.17, 15) is 0 Å². The lowest BCUT2D eigenvalue weighted by Crippen LogP contribution is -2.21. The summed E-state index contributed by atoms with van der Waals surface area (Å²) < 4.78 is 5.39. The van der Waals surface area contributed by atoms with Gasteiger partial charge in [-0.15, -0.1) is 0 Å². The van der Waals surface area contributed by atoms with Gasteiger partial charge in [-0.1, -0.05) is 83.9 Å². The molecule has 182 valence electrons. The fourth-order valence-electron chi connectivity index (χ4n) is 4.79. The van der Waals surface area contributed by atoms with Gasteiger partial charge in [0.25, 0.3) is 0 Å². The maximum absolute atomic E-state index is 6.37. The Morgan fingerprint density at radius 2 is 1.62 bits per heavy atom. The summed E-state index contributed by atoms with van der Waals surface area (Å²) in [5.74, 6) is 1.37. The molecular formula is C31H25ClN4O.